The lowest BCUT2D eigenvalue weighted by Gasteiger charge is -2.16. The molecule has 88 valence electrons. The van der Waals surface area contributed by atoms with Crippen LogP contribution in [-0.4, -0.2) is 18.0 Å². The molecule has 0 saturated carbocycles. The third kappa shape index (κ3) is 2.64. The SMILES string of the molecule is CC1CN(Cc2ccc(F)cc2Br)CC1C. The summed E-state index contributed by atoms with van der Waals surface area (Å²) in [6, 6.07) is 4.94. The number of rotatable bonds is 2. The first kappa shape index (κ1) is 12.1. The van der Waals surface area contributed by atoms with Crippen LogP contribution in [0, 0.1) is 17.7 Å². The molecule has 0 radical (unpaired) electrons. The maximum Gasteiger partial charge on any atom is 0.124 e. The first-order valence-electron chi connectivity index (χ1n) is 5.72. The van der Waals surface area contributed by atoms with Crippen molar-refractivity contribution < 1.29 is 4.39 Å². The predicted molar refractivity (Wildman–Crippen MR) is 67.7 cm³/mol. The highest BCUT2D eigenvalue weighted by atomic mass is 79.9. The van der Waals surface area contributed by atoms with Gasteiger partial charge in [-0.2, -0.15) is 0 Å². The van der Waals surface area contributed by atoms with Crippen LogP contribution in [-0.2, 0) is 6.54 Å². The van der Waals surface area contributed by atoms with Gasteiger partial charge in [-0.15, -0.1) is 0 Å². The van der Waals surface area contributed by atoms with Gasteiger partial charge in [-0.25, -0.2) is 4.39 Å². The van der Waals surface area contributed by atoms with Gasteiger partial charge < -0.3 is 0 Å². The van der Waals surface area contributed by atoms with Gasteiger partial charge in [0, 0.05) is 24.1 Å². The van der Waals surface area contributed by atoms with E-state index < -0.39 is 0 Å². The molecule has 1 aliphatic heterocycles. The minimum absolute atomic E-state index is 0.182. The van der Waals surface area contributed by atoms with Gasteiger partial charge in [0.25, 0.3) is 0 Å². The molecular formula is C13H17BrFN. The van der Waals surface area contributed by atoms with Gasteiger partial charge in [0.2, 0.25) is 0 Å². The molecule has 1 aliphatic rings. The molecular weight excluding hydrogens is 269 g/mol. The highest BCUT2D eigenvalue weighted by Gasteiger charge is 2.26. The Morgan fingerprint density at radius 3 is 2.50 bits per heavy atom. The highest BCUT2D eigenvalue weighted by molar-refractivity contribution is 9.10. The Morgan fingerprint density at radius 1 is 1.31 bits per heavy atom. The molecule has 2 rings (SSSR count). The Bertz CT molecular complexity index is 370. The van der Waals surface area contributed by atoms with E-state index in [0.717, 1.165) is 35.9 Å². The minimum Gasteiger partial charge on any atom is -0.298 e. The highest BCUT2D eigenvalue weighted by Crippen LogP contribution is 2.26. The summed E-state index contributed by atoms with van der Waals surface area (Å²) >= 11 is 3.42. The Labute approximate surface area is 105 Å². The van der Waals surface area contributed by atoms with Crippen molar-refractivity contribution >= 4 is 15.9 Å². The van der Waals surface area contributed by atoms with E-state index in [-0.39, 0.29) is 5.82 Å². The first-order chi connectivity index (χ1) is 7.56. The van der Waals surface area contributed by atoms with E-state index in [9.17, 15) is 4.39 Å². The van der Waals surface area contributed by atoms with Crippen LogP contribution in [0.25, 0.3) is 0 Å². The molecule has 0 amide bonds. The quantitative estimate of drug-likeness (QED) is 0.801. The van der Waals surface area contributed by atoms with Gasteiger partial charge in [-0.1, -0.05) is 35.8 Å². The summed E-state index contributed by atoms with van der Waals surface area (Å²) in [5.41, 5.74) is 1.17. The second-order valence-electron chi connectivity index (χ2n) is 4.88. The fourth-order valence-electron chi connectivity index (χ4n) is 2.27. The molecule has 0 aliphatic carbocycles. The van der Waals surface area contributed by atoms with Crippen LogP contribution < -0.4 is 0 Å². The van der Waals surface area contributed by atoms with Gasteiger partial charge in [0.1, 0.15) is 5.82 Å². The van der Waals surface area contributed by atoms with Crippen LogP contribution in [0.15, 0.2) is 22.7 Å². The fraction of sp³-hybridized carbons (Fsp3) is 0.538. The molecule has 1 aromatic carbocycles. The molecule has 2 unspecified atom stereocenters. The van der Waals surface area contributed by atoms with Crippen molar-refractivity contribution in [3.05, 3.63) is 34.1 Å². The third-order valence-electron chi connectivity index (χ3n) is 3.47. The Morgan fingerprint density at radius 2 is 1.94 bits per heavy atom. The summed E-state index contributed by atoms with van der Waals surface area (Å²) in [4.78, 5) is 2.44. The molecule has 0 spiro atoms. The van der Waals surface area contributed by atoms with Gasteiger partial charge in [-0.05, 0) is 29.5 Å². The molecule has 1 saturated heterocycles. The maximum atomic E-state index is 12.9. The first-order valence-corrected chi connectivity index (χ1v) is 6.52. The average molecular weight is 286 g/mol. The number of halogens is 2. The van der Waals surface area contributed by atoms with E-state index in [1.54, 1.807) is 0 Å². The third-order valence-corrected chi connectivity index (χ3v) is 4.21. The van der Waals surface area contributed by atoms with Crippen LogP contribution in [0.4, 0.5) is 4.39 Å². The van der Waals surface area contributed by atoms with Crippen LogP contribution in [0.2, 0.25) is 0 Å². The van der Waals surface area contributed by atoms with Crippen molar-refractivity contribution in [2.24, 2.45) is 11.8 Å². The van der Waals surface area contributed by atoms with Crippen LogP contribution in [0.1, 0.15) is 19.4 Å². The summed E-state index contributed by atoms with van der Waals surface area (Å²) in [7, 11) is 0. The largest absolute Gasteiger partial charge is 0.298 e. The monoisotopic (exact) mass is 285 g/mol. The Balaban J connectivity index is 2.05. The maximum absolute atomic E-state index is 12.9. The number of hydrogen-bond donors (Lipinski definition) is 0. The molecule has 1 nitrogen and oxygen atoms in total. The van der Waals surface area contributed by atoms with Crippen LogP contribution in [0.5, 0.6) is 0 Å². The second kappa shape index (κ2) is 4.84. The van der Waals surface area contributed by atoms with Crippen molar-refractivity contribution in [3.63, 3.8) is 0 Å². The summed E-state index contributed by atoms with van der Waals surface area (Å²) in [5.74, 6) is 1.34. The predicted octanol–water partition coefficient (Wildman–Crippen LogP) is 3.68. The topological polar surface area (TPSA) is 3.24 Å². The van der Waals surface area contributed by atoms with E-state index in [1.807, 2.05) is 6.07 Å². The van der Waals surface area contributed by atoms with Crippen molar-refractivity contribution in [2.45, 2.75) is 20.4 Å². The fourth-order valence-corrected chi connectivity index (χ4v) is 2.75. The van der Waals surface area contributed by atoms with Crippen LogP contribution in [0.3, 0.4) is 0 Å². The molecule has 1 heterocycles. The van der Waals surface area contributed by atoms with Gasteiger partial charge in [0.15, 0.2) is 0 Å². The summed E-state index contributed by atoms with van der Waals surface area (Å²) in [6.07, 6.45) is 0. The van der Waals surface area contributed by atoms with E-state index in [1.165, 1.54) is 17.7 Å². The number of likely N-dealkylation sites (tertiary alicyclic amines) is 1. The molecule has 0 bridgehead atoms. The van der Waals surface area contributed by atoms with Gasteiger partial charge in [0.05, 0.1) is 0 Å². The zero-order valence-corrected chi connectivity index (χ0v) is 11.3. The second-order valence-corrected chi connectivity index (χ2v) is 5.74. The van der Waals surface area contributed by atoms with Gasteiger partial charge in [-0.3, -0.25) is 4.90 Å². The van der Waals surface area contributed by atoms with Gasteiger partial charge >= 0.3 is 0 Å². The summed E-state index contributed by atoms with van der Waals surface area (Å²) < 4.78 is 13.8. The zero-order valence-electron chi connectivity index (χ0n) is 9.71. The lowest BCUT2D eigenvalue weighted by Crippen LogP contribution is -2.20. The average Bonchev–Trinajstić information content (AvgIpc) is 2.51. The summed E-state index contributed by atoms with van der Waals surface area (Å²) in [5, 5.41) is 0. The van der Waals surface area contributed by atoms with E-state index in [0.29, 0.717) is 0 Å². The summed E-state index contributed by atoms with van der Waals surface area (Å²) in [6.45, 7) is 7.79. The molecule has 2 atom stereocenters. The van der Waals surface area contributed by atoms with Crippen LogP contribution >= 0.6 is 15.9 Å². The van der Waals surface area contributed by atoms with Crippen molar-refractivity contribution in [3.8, 4) is 0 Å². The number of benzene rings is 1. The normalized spacial score (nSPS) is 26.2. The molecule has 3 heteroatoms. The Kier molecular flexibility index (Phi) is 3.65. The molecule has 1 fully saturated rings. The smallest absolute Gasteiger partial charge is 0.124 e. The number of nitrogens with zero attached hydrogens (tertiary/aromatic N) is 1. The van der Waals surface area contributed by atoms with E-state index >= 15 is 0 Å². The molecule has 0 aromatic heterocycles. The molecule has 0 N–H and O–H groups in total. The number of hydrogen-bond acceptors (Lipinski definition) is 1. The molecule has 16 heavy (non-hydrogen) atoms. The zero-order chi connectivity index (χ0) is 11.7. The van der Waals surface area contributed by atoms with E-state index in [2.05, 4.69) is 34.7 Å². The van der Waals surface area contributed by atoms with Crippen molar-refractivity contribution in [1.82, 2.24) is 4.90 Å². The standard InChI is InChI=1S/C13H17BrFN/c1-9-6-16(7-10(9)2)8-11-3-4-12(15)5-13(11)14/h3-5,9-10H,6-8H2,1-2H3. The van der Waals surface area contributed by atoms with Crippen molar-refractivity contribution in [1.29, 1.82) is 0 Å². The lowest BCUT2D eigenvalue weighted by molar-refractivity contribution is 0.315. The minimum atomic E-state index is -0.182. The lowest BCUT2D eigenvalue weighted by atomic mass is 10.0. The van der Waals surface area contributed by atoms with Crippen molar-refractivity contribution in [2.75, 3.05) is 13.1 Å². The molecule has 1 aromatic rings. The Hall–Kier alpha value is -0.410. The van der Waals surface area contributed by atoms with E-state index in [4.69, 9.17) is 0 Å².